The van der Waals surface area contributed by atoms with Crippen LogP contribution in [0, 0.1) is 6.58 Å². The summed E-state index contributed by atoms with van der Waals surface area (Å²) in [7, 11) is 0. The molecule has 0 aromatic heterocycles. The van der Waals surface area contributed by atoms with Crippen molar-refractivity contribution in [2.75, 3.05) is 0 Å². The zero-order valence-corrected chi connectivity index (χ0v) is 7.03. The van der Waals surface area contributed by atoms with Crippen LogP contribution in [0.3, 0.4) is 0 Å². The molecule has 0 aliphatic heterocycles. The highest BCUT2D eigenvalue weighted by atomic mass is 13.8. The number of unbranched alkanes of at least 4 members (excludes halogenated alkanes) is 1. The SMILES string of the molecule is [CH]=CCC/C=C/C=C/C=C/C. The summed E-state index contributed by atoms with van der Waals surface area (Å²) >= 11 is 0. The summed E-state index contributed by atoms with van der Waals surface area (Å²) in [6.07, 6.45) is 15.8. The molecule has 59 valence electrons. The zero-order chi connectivity index (χ0) is 8.36. The van der Waals surface area contributed by atoms with Crippen molar-refractivity contribution in [3.8, 4) is 0 Å². The fourth-order valence-electron chi connectivity index (χ4n) is 0.607. The predicted octanol–water partition coefficient (Wildman–Crippen LogP) is 3.44. The molecule has 0 N–H and O–H groups in total. The van der Waals surface area contributed by atoms with Gasteiger partial charge < -0.3 is 0 Å². The highest BCUT2D eigenvalue weighted by Crippen LogP contribution is 1.91. The number of hydrogen-bond donors (Lipinski definition) is 0. The Labute approximate surface area is 69.6 Å². The van der Waals surface area contributed by atoms with Crippen LogP contribution in [0.5, 0.6) is 0 Å². The topological polar surface area (TPSA) is 0 Å². The van der Waals surface area contributed by atoms with Gasteiger partial charge in [0.1, 0.15) is 0 Å². The third-order valence-electron chi connectivity index (χ3n) is 1.16. The normalized spacial score (nSPS) is 12.1. The van der Waals surface area contributed by atoms with E-state index in [1.807, 2.05) is 37.3 Å². The maximum absolute atomic E-state index is 5.20. The van der Waals surface area contributed by atoms with E-state index in [4.69, 9.17) is 6.58 Å². The van der Waals surface area contributed by atoms with Crippen molar-refractivity contribution < 1.29 is 0 Å². The molecule has 0 amide bonds. The van der Waals surface area contributed by atoms with Gasteiger partial charge in [-0.3, -0.25) is 0 Å². The highest BCUT2D eigenvalue weighted by molar-refractivity contribution is 5.10. The molecule has 0 unspecified atom stereocenters. The molecule has 0 nitrogen and oxygen atoms in total. The van der Waals surface area contributed by atoms with Gasteiger partial charge in [0.2, 0.25) is 0 Å². The smallest absolute Gasteiger partial charge is 0.0313 e. The zero-order valence-electron chi connectivity index (χ0n) is 7.03. The molecule has 0 heterocycles. The lowest BCUT2D eigenvalue weighted by Crippen LogP contribution is -1.60. The molecule has 0 aromatic carbocycles. The number of allylic oxidation sites excluding steroid dienone is 7. The monoisotopic (exact) mass is 147 g/mol. The molecule has 0 aliphatic carbocycles. The van der Waals surface area contributed by atoms with Gasteiger partial charge in [0.25, 0.3) is 0 Å². The van der Waals surface area contributed by atoms with E-state index in [2.05, 4.69) is 6.08 Å². The Kier molecular flexibility index (Phi) is 8.11. The van der Waals surface area contributed by atoms with Crippen LogP contribution in [0.25, 0.3) is 0 Å². The Morgan fingerprint density at radius 2 is 1.73 bits per heavy atom. The minimum atomic E-state index is 0.952. The van der Waals surface area contributed by atoms with Crippen molar-refractivity contribution >= 4 is 0 Å². The van der Waals surface area contributed by atoms with E-state index in [0.717, 1.165) is 12.8 Å². The lowest BCUT2D eigenvalue weighted by molar-refractivity contribution is 1.05. The highest BCUT2D eigenvalue weighted by Gasteiger charge is 1.70. The first-order valence-electron chi connectivity index (χ1n) is 3.89. The lowest BCUT2D eigenvalue weighted by Gasteiger charge is -1.80. The van der Waals surface area contributed by atoms with E-state index in [1.165, 1.54) is 0 Å². The summed E-state index contributed by atoms with van der Waals surface area (Å²) in [6, 6.07) is 0. The Bertz CT molecular complexity index is 159. The molecule has 0 aromatic rings. The summed E-state index contributed by atoms with van der Waals surface area (Å²) in [6.45, 7) is 7.20. The molecule has 0 saturated heterocycles. The van der Waals surface area contributed by atoms with E-state index < -0.39 is 0 Å². The lowest BCUT2D eigenvalue weighted by atomic mass is 10.3. The molecule has 0 bridgehead atoms. The second-order valence-corrected chi connectivity index (χ2v) is 2.15. The van der Waals surface area contributed by atoms with Gasteiger partial charge >= 0.3 is 0 Å². The first-order chi connectivity index (χ1) is 5.41. The molecule has 0 spiro atoms. The largest absolute Gasteiger partial charge is 0.0877 e. The summed E-state index contributed by atoms with van der Waals surface area (Å²) in [5.41, 5.74) is 0. The van der Waals surface area contributed by atoms with Crippen molar-refractivity contribution in [1.29, 1.82) is 0 Å². The van der Waals surface area contributed by atoms with Gasteiger partial charge in [-0.2, -0.15) is 0 Å². The van der Waals surface area contributed by atoms with E-state index >= 15 is 0 Å². The average molecular weight is 147 g/mol. The van der Waals surface area contributed by atoms with Crippen molar-refractivity contribution in [3.05, 3.63) is 49.1 Å². The van der Waals surface area contributed by atoms with E-state index in [-0.39, 0.29) is 0 Å². The molecule has 0 aliphatic rings. The summed E-state index contributed by atoms with van der Waals surface area (Å²) < 4.78 is 0. The van der Waals surface area contributed by atoms with Crippen LogP contribution in [-0.4, -0.2) is 0 Å². The van der Waals surface area contributed by atoms with Crippen molar-refractivity contribution in [2.24, 2.45) is 0 Å². The van der Waals surface area contributed by atoms with Gasteiger partial charge in [-0.05, 0) is 19.8 Å². The summed E-state index contributed by atoms with van der Waals surface area (Å²) in [4.78, 5) is 0. The van der Waals surface area contributed by atoms with Gasteiger partial charge in [-0.15, -0.1) is 0 Å². The van der Waals surface area contributed by atoms with Gasteiger partial charge in [0.05, 0.1) is 0 Å². The van der Waals surface area contributed by atoms with Crippen LogP contribution in [0.4, 0.5) is 0 Å². The Morgan fingerprint density at radius 3 is 2.36 bits per heavy atom. The Morgan fingerprint density at radius 1 is 1.00 bits per heavy atom. The Hall–Kier alpha value is -1.04. The molecule has 1 radical (unpaired) electrons. The van der Waals surface area contributed by atoms with Crippen LogP contribution >= 0.6 is 0 Å². The molecular weight excluding hydrogens is 132 g/mol. The van der Waals surface area contributed by atoms with Crippen LogP contribution in [0.2, 0.25) is 0 Å². The van der Waals surface area contributed by atoms with Crippen LogP contribution in [0.15, 0.2) is 42.5 Å². The molecule has 0 fully saturated rings. The minimum absolute atomic E-state index is 0.952. The third-order valence-corrected chi connectivity index (χ3v) is 1.16. The van der Waals surface area contributed by atoms with Crippen molar-refractivity contribution in [1.82, 2.24) is 0 Å². The van der Waals surface area contributed by atoms with Gasteiger partial charge in [0, 0.05) is 0 Å². The van der Waals surface area contributed by atoms with Gasteiger partial charge in [-0.25, -0.2) is 0 Å². The summed E-state index contributed by atoms with van der Waals surface area (Å²) in [5.74, 6) is 0. The third kappa shape index (κ3) is 8.96. The van der Waals surface area contributed by atoms with E-state index in [0.29, 0.717) is 0 Å². The first-order valence-corrected chi connectivity index (χ1v) is 3.89. The molecular formula is C11H15. The predicted molar refractivity (Wildman–Crippen MR) is 51.2 cm³/mol. The standard InChI is InChI=1S/C11H15/c1-3-5-7-9-11-10-8-6-4-2/h1,3-4,6,8-11H,5,7H2,2H3/b3-1?,6-4+,10-8+,11-9+. The molecule has 0 saturated carbocycles. The average Bonchev–Trinajstić information content (AvgIpc) is 2.03. The molecule has 11 heavy (non-hydrogen) atoms. The van der Waals surface area contributed by atoms with Crippen LogP contribution < -0.4 is 0 Å². The van der Waals surface area contributed by atoms with Gasteiger partial charge in [-0.1, -0.05) is 49.1 Å². The van der Waals surface area contributed by atoms with Crippen LogP contribution in [0.1, 0.15) is 19.8 Å². The second-order valence-electron chi connectivity index (χ2n) is 2.15. The maximum atomic E-state index is 5.20. The van der Waals surface area contributed by atoms with Crippen molar-refractivity contribution in [3.63, 3.8) is 0 Å². The molecule has 0 heteroatoms. The quantitative estimate of drug-likeness (QED) is 0.413. The number of rotatable bonds is 5. The Balaban J connectivity index is 3.35. The second kappa shape index (κ2) is 8.96. The maximum Gasteiger partial charge on any atom is -0.0313 e. The first kappa shape index (κ1) is 9.96. The van der Waals surface area contributed by atoms with Crippen molar-refractivity contribution in [2.45, 2.75) is 19.8 Å². The molecule has 0 rings (SSSR count). The van der Waals surface area contributed by atoms with Gasteiger partial charge in [0.15, 0.2) is 0 Å². The van der Waals surface area contributed by atoms with E-state index in [1.54, 1.807) is 6.08 Å². The fourth-order valence-corrected chi connectivity index (χ4v) is 0.607. The number of hydrogen-bond acceptors (Lipinski definition) is 0. The molecule has 0 atom stereocenters. The fraction of sp³-hybridized carbons (Fsp3) is 0.273. The summed E-state index contributed by atoms with van der Waals surface area (Å²) in [5, 5.41) is 0. The minimum Gasteiger partial charge on any atom is -0.0877 e. The van der Waals surface area contributed by atoms with Crippen LogP contribution in [-0.2, 0) is 0 Å². The van der Waals surface area contributed by atoms with E-state index in [9.17, 15) is 0 Å².